The summed E-state index contributed by atoms with van der Waals surface area (Å²) in [6, 6.07) is 19.7. The lowest BCUT2D eigenvalue weighted by atomic mass is 10.0. The van der Waals surface area contributed by atoms with E-state index in [0.29, 0.717) is 24.4 Å². The first kappa shape index (κ1) is 50.3. The first-order chi connectivity index (χ1) is 28.3. The second-order valence-corrected chi connectivity index (χ2v) is 15.8. The molecular weight excluding hydrogens is 713 g/mol. The van der Waals surface area contributed by atoms with Crippen LogP contribution in [0.1, 0.15) is 218 Å². The van der Waals surface area contributed by atoms with Crippen LogP contribution < -0.4 is 0 Å². The average Bonchev–Trinajstić information content (AvgIpc) is 3.24. The molecule has 0 N–H and O–H groups in total. The molecule has 7 nitrogen and oxygen atoms in total. The van der Waals surface area contributed by atoms with E-state index in [0.717, 1.165) is 36.8 Å². The molecule has 2 aromatic carbocycles. The third-order valence-electron chi connectivity index (χ3n) is 10.5. The summed E-state index contributed by atoms with van der Waals surface area (Å²) in [6.45, 7) is 5.13. The Morgan fingerprint density at radius 3 is 0.947 bits per heavy atom. The molecule has 0 aliphatic carbocycles. The predicted molar refractivity (Wildman–Crippen MR) is 234 cm³/mol. The Morgan fingerprint density at radius 2 is 0.649 bits per heavy atom. The third-order valence-corrected chi connectivity index (χ3v) is 10.5. The van der Waals surface area contributed by atoms with Gasteiger partial charge in [0.2, 0.25) is 0 Å². The largest absolute Gasteiger partial charge is 0.465 e. The van der Waals surface area contributed by atoms with Gasteiger partial charge >= 0.3 is 0 Å². The van der Waals surface area contributed by atoms with E-state index >= 15 is 0 Å². The molecular formula is C50H82O7. The van der Waals surface area contributed by atoms with Gasteiger partial charge in [-0.1, -0.05) is 241 Å². The molecule has 0 heterocycles. The highest BCUT2D eigenvalue weighted by Gasteiger charge is 2.07. The lowest BCUT2D eigenvalue weighted by Crippen LogP contribution is -2.00. The van der Waals surface area contributed by atoms with Gasteiger partial charge in [-0.15, -0.1) is 0 Å². The van der Waals surface area contributed by atoms with Crippen molar-refractivity contribution in [3.63, 3.8) is 0 Å². The van der Waals surface area contributed by atoms with Gasteiger partial charge in [0.15, 0.2) is 11.5 Å². The van der Waals surface area contributed by atoms with Crippen LogP contribution in [-0.4, -0.2) is 0 Å². The van der Waals surface area contributed by atoms with E-state index in [1.165, 1.54) is 154 Å². The number of benzene rings is 2. The third kappa shape index (κ3) is 32.8. The summed E-state index contributed by atoms with van der Waals surface area (Å²) in [5.41, 5.74) is 2.00. The standard InChI is InChI=1S/C50H82O7/c1-3-5-7-9-11-13-15-17-19-21-23-25-27-35-41-49(54-56-52-43-47-37-31-29-32-38-47)45-51-46-50(55-57-53-44-48-39-33-30-34-40-48)42-36-28-26-24-22-20-18-16-14-12-10-8-6-4-2/h29-34,37-40,45-46H,3-28,35-36,41-44H2,1-2H3. The molecule has 0 spiro atoms. The van der Waals surface area contributed by atoms with Crippen molar-refractivity contribution >= 4 is 0 Å². The van der Waals surface area contributed by atoms with Gasteiger partial charge in [0.1, 0.15) is 25.7 Å². The van der Waals surface area contributed by atoms with Crippen molar-refractivity contribution in [3.05, 3.63) is 95.8 Å². The van der Waals surface area contributed by atoms with Crippen molar-refractivity contribution < 1.29 is 34.4 Å². The molecule has 0 fully saturated rings. The van der Waals surface area contributed by atoms with Crippen LogP contribution in [0, 0.1) is 0 Å². The monoisotopic (exact) mass is 795 g/mol. The van der Waals surface area contributed by atoms with Crippen molar-refractivity contribution in [2.24, 2.45) is 0 Å². The van der Waals surface area contributed by atoms with Crippen molar-refractivity contribution in [2.75, 3.05) is 0 Å². The van der Waals surface area contributed by atoms with Crippen LogP contribution in [0.25, 0.3) is 0 Å². The topological polar surface area (TPSA) is 64.6 Å². The molecule has 0 aliphatic rings. The SMILES string of the molecule is CCCCCCCCCCCCCCCCC(=COC=C(CCCCCCCCCCCCCCCC)OOOCc1ccccc1)OOOCc1ccccc1. The van der Waals surface area contributed by atoms with Crippen LogP contribution in [0.4, 0.5) is 0 Å². The Bertz CT molecular complexity index is 1080. The molecule has 7 heteroatoms. The summed E-state index contributed by atoms with van der Waals surface area (Å²) in [5.74, 6) is 1.10. The number of hydrogen-bond donors (Lipinski definition) is 0. The Hall–Kier alpha value is -2.84. The quantitative estimate of drug-likeness (QED) is 0.0287. The zero-order chi connectivity index (χ0) is 40.4. The lowest BCUT2D eigenvalue weighted by Gasteiger charge is -2.10. The van der Waals surface area contributed by atoms with Crippen LogP contribution in [0.5, 0.6) is 0 Å². The maximum Gasteiger partial charge on any atom is 0.180 e. The Labute approximate surface area is 348 Å². The molecule has 0 saturated carbocycles. The molecule has 2 aromatic rings. The van der Waals surface area contributed by atoms with E-state index in [2.05, 4.69) is 13.8 Å². The molecule has 0 unspecified atom stereocenters. The van der Waals surface area contributed by atoms with Gasteiger partial charge in [-0.05, 0) is 34.0 Å². The van der Waals surface area contributed by atoms with E-state index in [4.69, 9.17) is 34.4 Å². The molecule has 0 amide bonds. The maximum atomic E-state index is 5.88. The fourth-order valence-corrected chi connectivity index (χ4v) is 6.88. The van der Waals surface area contributed by atoms with Gasteiger partial charge < -0.3 is 14.5 Å². The van der Waals surface area contributed by atoms with E-state index in [-0.39, 0.29) is 13.2 Å². The number of hydrogen-bond acceptors (Lipinski definition) is 7. The van der Waals surface area contributed by atoms with E-state index in [1.54, 1.807) is 12.5 Å². The number of ether oxygens (including phenoxy) is 1. The van der Waals surface area contributed by atoms with Gasteiger partial charge in [-0.2, -0.15) is 9.78 Å². The summed E-state index contributed by atoms with van der Waals surface area (Å²) in [6.07, 6.45) is 41.2. The summed E-state index contributed by atoms with van der Waals surface area (Å²) in [4.78, 5) is 21.8. The molecule has 2 rings (SSSR count). The van der Waals surface area contributed by atoms with Gasteiger partial charge in [0, 0.05) is 12.8 Å². The predicted octanol–water partition coefficient (Wildman–Crippen LogP) is 16.6. The van der Waals surface area contributed by atoms with Gasteiger partial charge in [0.05, 0.1) is 0 Å². The Balaban J connectivity index is 1.77. The van der Waals surface area contributed by atoms with E-state index in [1.807, 2.05) is 60.7 Å². The summed E-state index contributed by atoms with van der Waals surface area (Å²) >= 11 is 0. The number of allylic oxidation sites excluding steroid dienone is 2. The maximum absolute atomic E-state index is 5.88. The minimum absolute atomic E-state index is 0.283. The molecule has 0 aromatic heterocycles. The second-order valence-electron chi connectivity index (χ2n) is 15.8. The molecule has 0 atom stereocenters. The van der Waals surface area contributed by atoms with Crippen LogP contribution >= 0.6 is 0 Å². The summed E-state index contributed by atoms with van der Waals surface area (Å²) in [5, 5.41) is 10.3. The Morgan fingerprint density at radius 1 is 0.368 bits per heavy atom. The highest BCUT2D eigenvalue weighted by atomic mass is 17.5. The molecule has 0 saturated heterocycles. The highest BCUT2D eigenvalue weighted by Crippen LogP contribution is 2.19. The van der Waals surface area contributed by atoms with E-state index < -0.39 is 0 Å². The second kappa shape index (κ2) is 40.0. The van der Waals surface area contributed by atoms with Crippen molar-refractivity contribution in [1.82, 2.24) is 0 Å². The van der Waals surface area contributed by atoms with Gasteiger partial charge in [-0.3, -0.25) is 0 Å². The minimum Gasteiger partial charge on any atom is -0.465 e. The molecule has 0 bridgehead atoms. The van der Waals surface area contributed by atoms with Crippen LogP contribution in [0.3, 0.4) is 0 Å². The van der Waals surface area contributed by atoms with Crippen molar-refractivity contribution in [3.8, 4) is 0 Å². The number of rotatable bonds is 42. The van der Waals surface area contributed by atoms with E-state index in [9.17, 15) is 0 Å². The van der Waals surface area contributed by atoms with Crippen LogP contribution in [0.2, 0.25) is 0 Å². The fraction of sp³-hybridized carbons (Fsp3) is 0.680. The molecule has 57 heavy (non-hydrogen) atoms. The lowest BCUT2D eigenvalue weighted by molar-refractivity contribution is -0.503. The fourth-order valence-electron chi connectivity index (χ4n) is 6.88. The van der Waals surface area contributed by atoms with Gasteiger partial charge in [-0.25, -0.2) is 0 Å². The number of unbranched alkanes of at least 4 members (excludes halogenated alkanes) is 26. The van der Waals surface area contributed by atoms with Crippen LogP contribution in [-0.2, 0) is 47.6 Å². The first-order valence-corrected chi connectivity index (χ1v) is 23.4. The van der Waals surface area contributed by atoms with Gasteiger partial charge in [0.25, 0.3) is 0 Å². The van der Waals surface area contributed by atoms with Crippen molar-refractivity contribution in [1.29, 1.82) is 0 Å². The highest BCUT2D eigenvalue weighted by molar-refractivity contribution is 5.13. The smallest absolute Gasteiger partial charge is 0.180 e. The summed E-state index contributed by atoms with van der Waals surface area (Å²) in [7, 11) is 0. The van der Waals surface area contributed by atoms with Crippen LogP contribution in [0.15, 0.2) is 84.7 Å². The van der Waals surface area contributed by atoms with Crippen molar-refractivity contribution in [2.45, 2.75) is 220 Å². The molecule has 324 valence electrons. The Kier molecular flexibility index (Phi) is 35.3. The zero-order valence-electron chi connectivity index (χ0n) is 36.4. The molecule has 0 aliphatic heterocycles. The first-order valence-electron chi connectivity index (χ1n) is 23.4. The normalized spacial score (nSPS) is 12.0. The molecule has 0 radical (unpaired) electrons. The average molecular weight is 795 g/mol. The zero-order valence-corrected chi connectivity index (χ0v) is 36.4. The minimum atomic E-state index is 0.283. The summed E-state index contributed by atoms with van der Waals surface area (Å²) < 4.78 is 5.88.